The first-order chi connectivity index (χ1) is 10.6. The molecule has 0 saturated carbocycles. The van der Waals surface area contributed by atoms with Gasteiger partial charge in [0.25, 0.3) is 5.91 Å². The van der Waals surface area contributed by atoms with Crippen LogP contribution in [0, 0.1) is 5.82 Å². The smallest absolute Gasteiger partial charge is 0.254 e. The number of rotatable bonds is 4. The van der Waals surface area contributed by atoms with Gasteiger partial charge in [0.2, 0.25) is 5.91 Å². The molecule has 0 aliphatic carbocycles. The lowest BCUT2D eigenvalue weighted by Crippen LogP contribution is -2.31. The van der Waals surface area contributed by atoms with Crippen molar-refractivity contribution in [1.82, 2.24) is 10.6 Å². The highest BCUT2D eigenvalue weighted by Gasteiger charge is 2.21. The number of hydrogen-bond acceptors (Lipinski definition) is 3. The maximum Gasteiger partial charge on any atom is 0.254 e. The molecule has 1 atom stereocenters. The highest BCUT2D eigenvalue weighted by Crippen LogP contribution is 2.25. The maximum absolute atomic E-state index is 14.1. The fraction of sp³-hybridized carbons (Fsp3) is 0.500. The second-order valence-corrected chi connectivity index (χ2v) is 5.88. The van der Waals surface area contributed by atoms with Crippen molar-refractivity contribution in [3.8, 4) is 0 Å². The number of hydrogen-bond donors (Lipinski definition) is 3. The van der Waals surface area contributed by atoms with E-state index in [2.05, 4.69) is 16.0 Å². The van der Waals surface area contributed by atoms with Gasteiger partial charge in [-0.1, -0.05) is 0 Å². The van der Waals surface area contributed by atoms with Gasteiger partial charge in [-0.2, -0.15) is 0 Å². The second kappa shape index (κ2) is 6.44. The third-order valence-corrected chi connectivity index (χ3v) is 4.27. The molecule has 3 N–H and O–H groups in total. The summed E-state index contributed by atoms with van der Waals surface area (Å²) < 4.78 is 14.1. The van der Waals surface area contributed by atoms with Crippen molar-refractivity contribution in [1.29, 1.82) is 0 Å². The highest BCUT2D eigenvalue weighted by molar-refractivity contribution is 5.98. The van der Waals surface area contributed by atoms with E-state index < -0.39 is 11.7 Å². The Morgan fingerprint density at radius 2 is 2.23 bits per heavy atom. The van der Waals surface area contributed by atoms with Gasteiger partial charge in [-0.05, 0) is 49.9 Å². The van der Waals surface area contributed by atoms with Crippen LogP contribution in [-0.2, 0) is 11.2 Å². The fourth-order valence-electron chi connectivity index (χ4n) is 3.03. The number of halogens is 1. The molecule has 22 heavy (non-hydrogen) atoms. The summed E-state index contributed by atoms with van der Waals surface area (Å²) in [5.41, 5.74) is 1.33. The van der Waals surface area contributed by atoms with Gasteiger partial charge in [0.05, 0.1) is 5.56 Å². The molecule has 3 rings (SSSR count). The van der Waals surface area contributed by atoms with Crippen LogP contribution in [0.3, 0.4) is 0 Å². The van der Waals surface area contributed by atoms with Crippen LogP contribution in [0.15, 0.2) is 12.1 Å². The van der Waals surface area contributed by atoms with Gasteiger partial charge in [0.1, 0.15) is 5.82 Å². The Labute approximate surface area is 128 Å². The molecule has 5 nitrogen and oxygen atoms in total. The third kappa shape index (κ3) is 3.27. The first kappa shape index (κ1) is 15.0. The van der Waals surface area contributed by atoms with Gasteiger partial charge in [-0.15, -0.1) is 0 Å². The third-order valence-electron chi connectivity index (χ3n) is 4.27. The summed E-state index contributed by atoms with van der Waals surface area (Å²) >= 11 is 0. The summed E-state index contributed by atoms with van der Waals surface area (Å²) in [5.74, 6) is -1.11. The van der Waals surface area contributed by atoms with E-state index in [-0.39, 0.29) is 11.5 Å². The van der Waals surface area contributed by atoms with E-state index in [1.54, 1.807) is 6.07 Å². The number of carbonyl (C=O) groups excluding carboxylic acids is 2. The van der Waals surface area contributed by atoms with E-state index in [9.17, 15) is 14.0 Å². The van der Waals surface area contributed by atoms with Gasteiger partial charge in [0, 0.05) is 24.7 Å². The molecule has 1 saturated heterocycles. The number of amides is 2. The zero-order valence-electron chi connectivity index (χ0n) is 12.4. The molecule has 1 aromatic carbocycles. The van der Waals surface area contributed by atoms with E-state index in [0.29, 0.717) is 31.1 Å². The number of benzene rings is 1. The Hall–Kier alpha value is -1.95. The van der Waals surface area contributed by atoms with Crippen LogP contribution < -0.4 is 16.0 Å². The molecule has 0 bridgehead atoms. The van der Waals surface area contributed by atoms with Crippen molar-refractivity contribution < 1.29 is 14.0 Å². The SMILES string of the molecule is O=C1CCc2cc(C(=O)NCC[C@H]3CCCN3)c(F)cc2N1. The second-order valence-electron chi connectivity index (χ2n) is 5.88. The summed E-state index contributed by atoms with van der Waals surface area (Å²) in [7, 11) is 0. The van der Waals surface area contributed by atoms with Crippen molar-refractivity contribution in [3.63, 3.8) is 0 Å². The first-order valence-corrected chi connectivity index (χ1v) is 7.77. The quantitative estimate of drug-likeness (QED) is 0.791. The van der Waals surface area contributed by atoms with E-state index >= 15 is 0 Å². The Morgan fingerprint density at radius 1 is 1.36 bits per heavy atom. The molecule has 2 aliphatic rings. The van der Waals surface area contributed by atoms with Gasteiger partial charge in [0.15, 0.2) is 0 Å². The van der Waals surface area contributed by atoms with Gasteiger partial charge in [-0.25, -0.2) is 4.39 Å². The van der Waals surface area contributed by atoms with E-state index in [1.807, 2.05) is 0 Å². The van der Waals surface area contributed by atoms with Crippen LogP contribution in [0.1, 0.15) is 41.6 Å². The van der Waals surface area contributed by atoms with E-state index in [4.69, 9.17) is 0 Å². The molecular formula is C16H20FN3O2. The Kier molecular flexibility index (Phi) is 4.38. The van der Waals surface area contributed by atoms with Crippen LogP contribution >= 0.6 is 0 Å². The number of carbonyl (C=O) groups is 2. The van der Waals surface area contributed by atoms with Crippen molar-refractivity contribution in [2.45, 2.75) is 38.1 Å². The minimum Gasteiger partial charge on any atom is -0.352 e. The molecule has 6 heteroatoms. The van der Waals surface area contributed by atoms with Gasteiger partial charge < -0.3 is 16.0 Å². The highest BCUT2D eigenvalue weighted by atomic mass is 19.1. The average molecular weight is 305 g/mol. The molecule has 0 spiro atoms. The first-order valence-electron chi connectivity index (χ1n) is 7.77. The lowest BCUT2D eigenvalue weighted by Gasteiger charge is -2.18. The molecule has 2 amide bonds. The average Bonchev–Trinajstić information content (AvgIpc) is 2.99. The Balaban J connectivity index is 1.63. The predicted octanol–water partition coefficient (Wildman–Crippen LogP) is 1.58. The lowest BCUT2D eigenvalue weighted by atomic mass is 9.99. The number of fused-ring (bicyclic) bond motifs is 1. The Bertz CT molecular complexity index is 597. The van der Waals surface area contributed by atoms with Crippen molar-refractivity contribution in [2.24, 2.45) is 0 Å². The maximum atomic E-state index is 14.1. The number of anilines is 1. The van der Waals surface area contributed by atoms with Crippen LogP contribution in [-0.4, -0.2) is 30.9 Å². The molecule has 0 aromatic heterocycles. The summed E-state index contributed by atoms with van der Waals surface area (Å²) in [6.45, 7) is 1.56. The molecule has 0 unspecified atom stereocenters. The van der Waals surface area contributed by atoms with Crippen LogP contribution in [0.5, 0.6) is 0 Å². The minimum absolute atomic E-state index is 0.0503. The standard InChI is InChI=1S/C16H20FN3O2/c17-13-9-14-10(3-4-15(21)20-14)8-12(13)16(22)19-7-5-11-2-1-6-18-11/h8-9,11,18H,1-7H2,(H,19,22)(H,20,21)/t11-/m1/s1. The molecule has 1 fully saturated rings. The van der Waals surface area contributed by atoms with Crippen LogP contribution in [0.2, 0.25) is 0 Å². The van der Waals surface area contributed by atoms with Gasteiger partial charge in [-0.3, -0.25) is 9.59 Å². The fourth-order valence-corrected chi connectivity index (χ4v) is 3.03. The van der Waals surface area contributed by atoms with Crippen LogP contribution in [0.4, 0.5) is 10.1 Å². The normalized spacial score (nSPS) is 20.4. The Morgan fingerprint density at radius 3 is 3.00 bits per heavy atom. The van der Waals surface area contributed by atoms with Crippen LogP contribution in [0.25, 0.3) is 0 Å². The lowest BCUT2D eigenvalue weighted by molar-refractivity contribution is -0.116. The molecule has 2 aliphatic heterocycles. The molecule has 0 radical (unpaired) electrons. The number of nitrogens with one attached hydrogen (secondary N) is 3. The molecule has 118 valence electrons. The topological polar surface area (TPSA) is 70.2 Å². The summed E-state index contributed by atoms with van der Waals surface area (Å²) in [6, 6.07) is 3.23. The molecule has 2 heterocycles. The number of aryl methyl sites for hydroxylation is 1. The summed E-state index contributed by atoms with van der Waals surface area (Å²) in [6.07, 6.45) is 4.06. The molecular weight excluding hydrogens is 285 g/mol. The zero-order chi connectivity index (χ0) is 15.5. The monoisotopic (exact) mass is 305 g/mol. The minimum atomic E-state index is -0.600. The summed E-state index contributed by atoms with van der Waals surface area (Å²) in [4.78, 5) is 23.4. The van der Waals surface area contributed by atoms with Crippen molar-refractivity contribution in [3.05, 3.63) is 29.1 Å². The predicted molar refractivity (Wildman–Crippen MR) is 81.3 cm³/mol. The van der Waals surface area contributed by atoms with Gasteiger partial charge >= 0.3 is 0 Å². The van der Waals surface area contributed by atoms with Crippen molar-refractivity contribution in [2.75, 3.05) is 18.4 Å². The van der Waals surface area contributed by atoms with Crippen molar-refractivity contribution >= 4 is 17.5 Å². The largest absolute Gasteiger partial charge is 0.352 e. The van der Waals surface area contributed by atoms with E-state index in [0.717, 1.165) is 24.9 Å². The van der Waals surface area contributed by atoms with E-state index in [1.165, 1.54) is 12.5 Å². The zero-order valence-corrected chi connectivity index (χ0v) is 12.4. The summed E-state index contributed by atoms with van der Waals surface area (Å²) in [5, 5.41) is 8.77. The molecule has 1 aromatic rings.